The van der Waals surface area contributed by atoms with Gasteiger partial charge < -0.3 is 10.2 Å². The highest BCUT2D eigenvalue weighted by Crippen LogP contribution is 2.16. The third-order valence-electron chi connectivity index (χ3n) is 3.33. The maximum absolute atomic E-state index is 3.46. The van der Waals surface area contributed by atoms with Crippen LogP contribution >= 0.6 is 0 Å². The van der Waals surface area contributed by atoms with Gasteiger partial charge in [0.25, 0.3) is 0 Å². The van der Waals surface area contributed by atoms with E-state index in [9.17, 15) is 0 Å². The largest absolute Gasteiger partial charge is 0.317 e. The predicted octanol–water partition coefficient (Wildman–Crippen LogP) is 3.38. The second-order valence-electron chi connectivity index (χ2n) is 5.32. The van der Waals surface area contributed by atoms with Crippen molar-refractivity contribution in [3.05, 3.63) is 0 Å². The quantitative estimate of drug-likeness (QED) is 0.767. The van der Waals surface area contributed by atoms with Gasteiger partial charge in [-0.3, -0.25) is 0 Å². The highest BCUT2D eigenvalue weighted by Gasteiger charge is 2.17. The van der Waals surface area contributed by atoms with Crippen molar-refractivity contribution in [2.24, 2.45) is 11.8 Å². The first-order valence-electron chi connectivity index (χ1n) is 8.13. The Bertz CT molecular complexity index is 242. The molecule has 0 bridgehead atoms. The molecule has 1 heterocycles. The number of likely N-dealkylation sites (tertiary alicyclic amines) is 1. The average molecular weight is 266 g/mol. The molecule has 2 heteroatoms. The van der Waals surface area contributed by atoms with Gasteiger partial charge in [0.2, 0.25) is 0 Å². The number of rotatable bonds is 5. The lowest BCUT2D eigenvalue weighted by molar-refractivity contribution is 0.186. The Hall–Kier alpha value is -0.520. The van der Waals surface area contributed by atoms with E-state index in [0.29, 0.717) is 5.92 Å². The summed E-state index contributed by atoms with van der Waals surface area (Å²) in [7, 11) is 0. The molecule has 0 spiro atoms. The van der Waals surface area contributed by atoms with Crippen LogP contribution in [0.5, 0.6) is 0 Å². The van der Waals surface area contributed by atoms with Gasteiger partial charge in [0.15, 0.2) is 0 Å². The maximum Gasteiger partial charge on any atom is 0.0217 e. The number of nitrogens with zero attached hydrogens (tertiary/aromatic N) is 1. The zero-order valence-corrected chi connectivity index (χ0v) is 13.8. The summed E-state index contributed by atoms with van der Waals surface area (Å²) >= 11 is 0. The van der Waals surface area contributed by atoms with Gasteiger partial charge in [0.1, 0.15) is 0 Å². The van der Waals surface area contributed by atoms with Crippen molar-refractivity contribution in [1.82, 2.24) is 10.2 Å². The molecule has 1 fully saturated rings. The number of hydrogen-bond donors (Lipinski definition) is 1. The SMILES string of the molecule is CC.CCNCC1CCN(CCC#CC(C)C)CC1. The molecule has 19 heavy (non-hydrogen) atoms. The fraction of sp³-hybridized carbons (Fsp3) is 0.882. The predicted molar refractivity (Wildman–Crippen MR) is 86.3 cm³/mol. The smallest absolute Gasteiger partial charge is 0.0217 e. The minimum atomic E-state index is 0.515. The summed E-state index contributed by atoms with van der Waals surface area (Å²) in [6.45, 7) is 16.5. The van der Waals surface area contributed by atoms with Gasteiger partial charge in [0, 0.05) is 18.9 Å². The Morgan fingerprint density at radius 1 is 1.21 bits per heavy atom. The average Bonchev–Trinajstić information content (AvgIpc) is 2.44. The third kappa shape index (κ3) is 9.99. The molecule has 0 unspecified atom stereocenters. The third-order valence-corrected chi connectivity index (χ3v) is 3.33. The van der Waals surface area contributed by atoms with E-state index >= 15 is 0 Å². The minimum absolute atomic E-state index is 0.515. The fourth-order valence-corrected chi connectivity index (χ4v) is 2.25. The molecule has 1 saturated heterocycles. The first-order valence-corrected chi connectivity index (χ1v) is 8.13. The van der Waals surface area contributed by atoms with Crippen molar-refractivity contribution >= 4 is 0 Å². The molecule has 0 atom stereocenters. The highest BCUT2D eigenvalue weighted by atomic mass is 15.1. The molecule has 0 amide bonds. The second kappa shape index (κ2) is 12.5. The lowest BCUT2D eigenvalue weighted by Crippen LogP contribution is -2.37. The Morgan fingerprint density at radius 2 is 1.84 bits per heavy atom. The molecule has 0 aliphatic carbocycles. The van der Waals surface area contributed by atoms with Gasteiger partial charge in [-0.1, -0.05) is 34.6 Å². The minimum Gasteiger partial charge on any atom is -0.317 e. The molecule has 0 aromatic heterocycles. The standard InChI is InChI=1S/C15H28N2.C2H6/c1-4-16-13-15-8-11-17(12-9-15)10-6-5-7-14(2)3;1-2/h14-16H,4,6,8-13H2,1-3H3;1-2H3. The zero-order valence-electron chi connectivity index (χ0n) is 13.8. The molecular weight excluding hydrogens is 232 g/mol. The second-order valence-corrected chi connectivity index (χ2v) is 5.32. The van der Waals surface area contributed by atoms with Crippen molar-refractivity contribution in [2.45, 2.75) is 53.9 Å². The molecule has 112 valence electrons. The Morgan fingerprint density at radius 3 is 2.37 bits per heavy atom. The van der Waals surface area contributed by atoms with Gasteiger partial charge in [0.05, 0.1) is 0 Å². The topological polar surface area (TPSA) is 15.3 Å². The summed E-state index contributed by atoms with van der Waals surface area (Å²) in [6, 6.07) is 0. The molecule has 1 aliphatic heterocycles. The zero-order chi connectivity index (χ0) is 14.5. The molecule has 0 aromatic rings. The van der Waals surface area contributed by atoms with Crippen molar-refractivity contribution < 1.29 is 0 Å². The first kappa shape index (κ1) is 18.5. The van der Waals surface area contributed by atoms with Crippen molar-refractivity contribution in [3.8, 4) is 11.8 Å². The monoisotopic (exact) mass is 266 g/mol. The van der Waals surface area contributed by atoms with E-state index in [2.05, 4.69) is 42.8 Å². The Balaban J connectivity index is 0.00000154. The van der Waals surface area contributed by atoms with Crippen molar-refractivity contribution in [1.29, 1.82) is 0 Å². The van der Waals surface area contributed by atoms with Crippen molar-refractivity contribution in [3.63, 3.8) is 0 Å². The molecule has 1 N–H and O–H groups in total. The van der Waals surface area contributed by atoms with Gasteiger partial charge in [-0.15, -0.1) is 11.8 Å². The number of piperidine rings is 1. The number of nitrogens with one attached hydrogen (secondary N) is 1. The lowest BCUT2D eigenvalue weighted by Gasteiger charge is -2.31. The van der Waals surface area contributed by atoms with Gasteiger partial charge in [-0.05, 0) is 44.9 Å². The maximum atomic E-state index is 3.46. The van der Waals surface area contributed by atoms with Crippen LogP contribution in [0.2, 0.25) is 0 Å². The summed E-state index contributed by atoms with van der Waals surface area (Å²) in [5.41, 5.74) is 0. The van der Waals surface area contributed by atoms with Gasteiger partial charge >= 0.3 is 0 Å². The molecule has 0 radical (unpaired) electrons. The van der Waals surface area contributed by atoms with Crippen LogP contribution in [0, 0.1) is 23.7 Å². The van der Waals surface area contributed by atoms with E-state index in [4.69, 9.17) is 0 Å². The summed E-state index contributed by atoms with van der Waals surface area (Å²) in [6.07, 6.45) is 3.74. The summed E-state index contributed by atoms with van der Waals surface area (Å²) in [5.74, 6) is 7.92. The Labute approximate surface area is 121 Å². The summed E-state index contributed by atoms with van der Waals surface area (Å²) in [4.78, 5) is 2.57. The summed E-state index contributed by atoms with van der Waals surface area (Å²) in [5, 5.41) is 3.46. The van der Waals surface area contributed by atoms with Crippen LogP contribution < -0.4 is 5.32 Å². The molecule has 0 saturated carbocycles. The Kier molecular flexibility index (Phi) is 12.2. The van der Waals surface area contributed by atoms with Crippen LogP contribution in [0.25, 0.3) is 0 Å². The molecular formula is C17H34N2. The van der Waals surface area contributed by atoms with Gasteiger partial charge in [-0.25, -0.2) is 0 Å². The highest BCUT2D eigenvalue weighted by molar-refractivity contribution is 5.01. The van der Waals surface area contributed by atoms with Crippen LogP contribution in [0.1, 0.15) is 53.9 Å². The van der Waals surface area contributed by atoms with E-state index < -0.39 is 0 Å². The van der Waals surface area contributed by atoms with Crippen molar-refractivity contribution in [2.75, 3.05) is 32.7 Å². The van der Waals surface area contributed by atoms with E-state index in [1.807, 2.05) is 13.8 Å². The van der Waals surface area contributed by atoms with Gasteiger partial charge in [-0.2, -0.15) is 0 Å². The first-order chi connectivity index (χ1) is 9.22. The summed E-state index contributed by atoms with van der Waals surface area (Å²) < 4.78 is 0. The molecule has 1 aliphatic rings. The fourth-order valence-electron chi connectivity index (χ4n) is 2.25. The lowest BCUT2D eigenvalue weighted by atomic mass is 9.96. The van der Waals surface area contributed by atoms with Crippen LogP contribution in [0.15, 0.2) is 0 Å². The van der Waals surface area contributed by atoms with Crippen LogP contribution in [-0.4, -0.2) is 37.6 Å². The normalized spacial score (nSPS) is 16.5. The van der Waals surface area contributed by atoms with Crippen LogP contribution in [0.4, 0.5) is 0 Å². The van der Waals surface area contributed by atoms with E-state index in [-0.39, 0.29) is 0 Å². The van der Waals surface area contributed by atoms with Crippen LogP contribution in [0.3, 0.4) is 0 Å². The van der Waals surface area contributed by atoms with E-state index in [0.717, 1.165) is 25.4 Å². The molecule has 0 aromatic carbocycles. The van der Waals surface area contributed by atoms with Crippen LogP contribution in [-0.2, 0) is 0 Å². The van der Waals surface area contributed by atoms with E-state index in [1.54, 1.807) is 0 Å². The molecule has 1 rings (SSSR count). The number of hydrogen-bond acceptors (Lipinski definition) is 2. The molecule has 2 nitrogen and oxygen atoms in total. The van der Waals surface area contributed by atoms with E-state index in [1.165, 1.54) is 32.5 Å².